The zero-order chi connectivity index (χ0) is 16.4. The van der Waals surface area contributed by atoms with Crippen LogP contribution in [0.2, 0.25) is 5.02 Å². The summed E-state index contributed by atoms with van der Waals surface area (Å²) in [6, 6.07) is 14.2. The Balaban J connectivity index is 1.90. The number of hydrogen-bond acceptors (Lipinski definition) is 3. The van der Waals surface area contributed by atoms with Crippen molar-refractivity contribution in [1.82, 2.24) is 15.1 Å². The summed E-state index contributed by atoms with van der Waals surface area (Å²) >= 11 is 5.84. The second-order valence-electron chi connectivity index (χ2n) is 5.13. The van der Waals surface area contributed by atoms with Crippen molar-refractivity contribution < 1.29 is 4.79 Å². The molecule has 0 bridgehead atoms. The fourth-order valence-corrected chi connectivity index (χ4v) is 2.46. The number of hydrogen-bond donors (Lipinski definition) is 1. The Labute approximate surface area is 137 Å². The molecule has 3 rings (SSSR count). The first-order chi connectivity index (χ1) is 11.1. The molecule has 0 saturated carbocycles. The number of benzene rings is 2. The van der Waals surface area contributed by atoms with Gasteiger partial charge in [0.1, 0.15) is 0 Å². The first-order valence-corrected chi connectivity index (χ1v) is 7.43. The number of rotatable bonds is 3. The first kappa shape index (κ1) is 15.2. The van der Waals surface area contributed by atoms with Crippen LogP contribution in [0.25, 0.3) is 10.8 Å². The summed E-state index contributed by atoms with van der Waals surface area (Å²) in [5.41, 5.74) is 0.934. The van der Waals surface area contributed by atoms with Crippen molar-refractivity contribution in [1.29, 1.82) is 0 Å². The molecule has 116 valence electrons. The Hall–Kier alpha value is -2.66. The fraction of sp³-hybridized carbons (Fsp3) is 0.118. The third-order valence-corrected chi connectivity index (χ3v) is 3.79. The SMILES string of the molecule is Cn1nc(C(=O)NCc2ccc(Cl)cc2)c2ccccc2c1=O. The van der Waals surface area contributed by atoms with Crippen LogP contribution in [0.3, 0.4) is 0 Å². The number of nitrogens with one attached hydrogen (secondary N) is 1. The second-order valence-corrected chi connectivity index (χ2v) is 5.57. The standard InChI is InChI=1S/C17H14ClN3O2/c1-21-17(23)14-5-3-2-4-13(14)15(20-21)16(22)19-10-11-6-8-12(18)9-7-11/h2-9H,10H2,1H3,(H,19,22). The van der Waals surface area contributed by atoms with Crippen LogP contribution in [-0.2, 0) is 13.6 Å². The summed E-state index contributed by atoms with van der Waals surface area (Å²) in [6.45, 7) is 0.356. The minimum Gasteiger partial charge on any atom is -0.347 e. The minimum atomic E-state index is -0.327. The van der Waals surface area contributed by atoms with Gasteiger partial charge in [-0.2, -0.15) is 5.10 Å². The Kier molecular flexibility index (Phi) is 4.12. The number of carbonyl (C=O) groups excluding carboxylic acids is 1. The molecule has 0 fully saturated rings. The van der Waals surface area contributed by atoms with Crippen LogP contribution in [0.4, 0.5) is 0 Å². The molecule has 1 aromatic heterocycles. The maximum absolute atomic E-state index is 12.4. The smallest absolute Gasteiger partial charge is 0.274 e. The fourth-order valence-electron chi connectivity index (χ4n) is 2.34. The molecular weight excluding hydrogens is 314 g/mol. The van der Waals surface area contributed by atoms with Gasteiger partial charge in [-0.25, -0.2) is 4.68 Å². The molecule has 0 atom stereocenters. The Morgan fingerprint density at radius 1 is 1.13 bits per heavy atom. The summed E-state index contributed by atoms with van der Waals surface area (Å²) in [5.74, 6) is -0.327. The lowest BCUT2D eigenvalue weighted by atomic mass is 10.1. The molecule has 0 aliphatic heterocycles. The van der Waals surface area contributed by atoms with E-state index in [4.69, 9.17) is 11.6 Å². The molecule has 0 aliphatic rings. The van der Waals surface area contributed by atoms with Crippen molar-refractivity contribution >= 4 is 28.3 Å². The van der Waals surface area contributed by atoms with Gasteiger partial charge < -0.3 is 5.32 Å². The summed E-state index contributed by atoms with van der Waals surface area (Å²) in [7, 11) is 1.53. The average molecular weight is 328 g/mol. The Morgan fingerprint density at radius 2 is 1.78 bits per heavy atom. The van der Waals surface area contributed by atoms with Crippen molar-refractivity contribution in [3.8, 4) is 0 Å². The van der Waals surface area contributed by atoms with Gasteiger partial charge in [0.15, 0.2) is 5.69 Å². The Morgan fingerprint density at radius 3 is 2.48 bits per heavy atom. The zero-order valence-electron chi connectivity index (χ0n) is 12.4. The third kappa shape index (κ3) is 3.10. The maximum Gasteiger partial charge on any atom is 0.274 e. The number of aromatic nitrogens is 2. The number of aryl methyl sites for hydroxylation is 1. The van der Waals surface area contributed by atoms with E-state index in [1.54, 1.807) is 36.4 Å². The molecule has 1 amide bonds. The highest BCUT2D eigenvalue weighted by Crippen LogP contribution is 2.13. The van der Waals surface area contributed by atoms with Crippen LogP contribution in [0, 0.1) is 0 Å². The molecular formula is C17H14ClN3O2. The summed E-state index contributed by atoms with van der Waals surface area (Å²) in [5, 5.41) is 8.58. The van der Waals surface area contributed by atoms with E-state index in [0.717, 1.165) is 5.56 Å². The molecule has 0 aliphatic carbocycles. The summed E-state index contributed by atoms with van der Waals surface area (Å²) < 4.78 is 1.18. The van der Waals surface area contributed by atoms with Crippen molar-refractivity contribution in [2.45, 2.75) is 6.54 Å². The first-order valence-electron chi connectivity index (χ1n) is 7.05. The molecule has 2 aromatic carbocycles. The van der Waals surface area contributed by atoms with Crippen molar-refractivity contribution in [2.75, 3.05) is 0 Å². The van der Waals surface area contributed by atoms with Gasteiger partial charge in [-0.05, 0) is 23.8 Å². The van der Waals surface area contributed by atoms with Gasteiger partial charge in [-0.15, -0.1) is 0 Å². The van der Waals surface area contributed by atoms with Crippen molar-refractivity contribution in [3.63, 3.8) is 0 Å². The lowest BCUT2D eigenvalue weighted by Gasteiger charge is -2.09. The quantitative estimate of drug-likeness (QED) is 0.804. The largest absolute Gasteiger partial charge is 0.347 e. The van der Waals surface area contributed by atoms with E-state index >= 15 is 0 Å². The van der Waals surface area contributed by atoms with E-state index in [9.17, 15) is 9.59 Å². The van der Waals surface area contributed by atoms with Gasteiger partial charge in [0.25, 0.3) is 11.5 Å². The van der Waals surface area contributed by atoms with E-state index in [-0.39, 0.29) is 17.2 Å². The van der Waals surface area contributed by atoms with E-state index in [0.29, 0.717) is 22.3 Å². The number of amides is 1. The predicted octanol–water partition coefficient (Wildman–Crippen LogP) is 2.52. The van der Waals surface area contributed by atoms with Crippen LogP contribution < -0.4 is 10.9 Å². The van der Waals surface area contributed by atoms with Gasteiger partial charge >= 0.3 is 0 Å². The van der Waals surface area contributed by atoms with Gasteiger partial charge in [0.05, 0.1) is 5.39 Å². The third-order valence-electron chi connectivity index (χ3n) is 3.54. The summed E-state index contributed by atoms with van der Waals surface area (Å²) in [6.07, 6.45) is 0. The van der Waals surface area contributed by atoms with Gasteiger partial charge in [-0.3, -0.25) is 9.59 Å². The van der Waals surface area contributed by atoms with Gasteiger partial charge in [0.2, 0.25) is 0 Å². The normalized spacial score (nSPS) is 10.7. The topological polar surface area (TPSA) is 64.0 Å². The average Bonchev–Trinajstić information content (AvgIpc) is 2.57. The molecule has 23 heavy (non-hydrogen) atoms. The Bertz CT molecular complexity index is 933. The van der Waals surface area contributed by atoms with Crippen LogP contribution in [-0.4, -0.2) is 15.7 Å². The monoisotopic (exact) mass is 327 g/mol. The van der Waals surface area contributed by atoms with Crippen LogP contribution in [0.15, 0.2) is 53.3 Å². The van der Waals surface area contributed by atoms with Crippen molar-refractivity contribution in [3.05, 3.63) is 75.2 Å². The molecule has 0 spiro atoms. The molecule has 0 unspecified atom stereocenters. The van der Waals surface area contributed by atoms with Gasteiger partial charge in [0, 0.05) is 24.0 Å². The number of halogens is 1. The van der Waals surface area contributed by atoms with Crippen LogP contribution in [0.5, 0.6) is 0 Å². The molecule has 1 heterocycles. The van der Waals surface area contributed by atoms with E-state index < -0.39 is 0 Å². The van der Waals surface area contributed by atoms with Crippen molar-refractivity contribution in [2.24, 2.45) is 7.05 Å². The zero-order valence-corrected chi connectivity index (χ0v) is 13.2. The number of carbonyl (C=O) groups is 1. The van der Waals surface area contributed by atoms with Gasteiger partial charge in [-0.1, -0.05) is 41.9 Å². The van der Waals surface area contributed by atoms with E-state index in [1.807, 2.05) is 12.1 Å². The molecule has 5 nitrogen and oxygen atoms in total. The molecule has 0 radical (unpaired) electrons. The number of nitrogens with zero attached hydrogens (tertiary/aromatic N) is 2. The molecule has 6 heteroatoms. The lowest BCUT2D eigenvalue weighted by molar-refractivity contribution is 0.0945. The second kappa shape index (κ2) is 6.22. The lowest BCUT2D eigenvalue weighted by Crippen LogP contribution is -2.29. The highest BCUT2D eigenvalue weighted by Gasteiger charge is 2.15. The number of fused-ring (bicyclic) bond motifs is 1. The molecule has 1 N–H and O–H groups in total. The van der Waals surface area contributed by atoms with E-state index in [1.165, 1.54) is 11.7 Å². The van der Waals surface area contributed by atoms with Crippen LogP contribution >= 0.6 is 11.6 Å². The molecule has 0 saturated heterocycles. The van der Waals surface area contributed by atoms with E-state index in [2.05, 4.69) is 10.4 Å². The maximum atomic E-state index is 12.4. The van der Waals surface area contributed by atoms with Crippen LogP contribution in [0.1, 0.15) is 16.1 Å². The molecule has 3 aromatic rings. The summed E-state index contributed by atoms with van der Waals surface area (Å²) in [4.78, 5) is 24.5. The predicted molar refractivity (Wildman–Crippen MR) is 89.6 cm³/mol. The minimum absolute atomic E-state index is 0.227. The highest BCUT2D eigenvalue weighted by molar-refractivity contribution is 6.30. The highest BCUT2D eigenvalue weighted by atomic mass is 35.5.